The smallest absolute Gasteiger partial charge is 0.355 e. The maximum absolute atomic E-state index is 12.2. The van der Waals surface area contributed by atoms with Crippen LogP contribution in [0.3, 0.4) is 0 Å². The van der Waals surface area contributed by atoms with E-state index in [1.807, 2.05) is 24.5 Å². The molecule has 3 rings (SSSR count). The van der Waals surface area contributed by atoms with Gasteiger partial charge in [0, 0.05) is 13.0 Å². The summed E-state index contributed by atoms with van der Waals surface area (Å²) in [4.78, 5) is 24.4. The third-order valence-electron chi connectivity index (χ3n) is 3.98. The van der Waals surface area contributed by atoms with Crippen LogP contribution in [0.25, 0.3) is 0 Å². The zero-order chi connectivity index (χ0) is 14.3. The summed E-state index contributed by atoms with van der Waals surface area (Å²) in [6.45, 7) is 4.47. The lowest BCUT2D eigenvalue weighted by atomic mass is 9.97. The lowest BCUT2D eigenvalue weighted by molar-refractivity contribution is 0.0364. The number of nitrogens with zero attached hydrogens (tertiary/aromatic N) is 1. The summed E-state index contributed by atoms with van der Waals surface area (Å²) in [5, 5.41) is 0. The first kappa shape index (κ1) is 13.4. The van der Waals surface area contributed by atoms with Crippen LogP contribution in [0.1, 0.15) is 66.1 Å². The fourth-order valence-electron chi connectivity index (χ4n) is 2.87. The van der Waals surface area contributed by atoms with Crippen LogP contribution >= 0.6 is 0 Å². The van der Waals surface area contributed by atoms with Crippen molar-refractivity contribution in [1.29, 1.82) is 0 Å². The highest BCUT2D eigenvalue weighted by Crippen LogP contribution is 2.34. The molecule has 20 heavy (non-hydrogen) atoms. The van der Waals surface area contributed by atoms with E-state index in [4.69, 9.17) is 4.74 Å². The van der Waals surface area contributed by atoms with Crippen molar-refractivity contribution in [3.05, 3.63) is 23.0 Å². The van der Waals surface area contributed by atoms with Crippen molar-refractivity contribution in [1.82, 2.24) is 4.57 Å². The van der Waals surface area contributed by atoms with E-state index >= 15 is 0 Å². The Morgan fingerprint density at radius 2 is 2.15 bits per heavy atom. The minimum absolute atomic E-state index is 0.139. The summed E-state index contributed by atoms with van der Waals surface area (Å²) in [5.41, 5.74) is 2.35. The third-order valence-corrected chi connectivity index (χ3v) is 3.98. The normalized spacial score (nSPS) is 18.2. The van der Waals surface area contributed by atoms with Gasteiger partial charge in [-0.3, -0.25) is 4.79 Å². The topological polar surface area (TPSA) is 48.3 Å². The van der Waals surface area contributed by atoms with E-state index in [-0.39, 0.29) is 17.9 Å². The first-order valence-electron chi connectivity index (χ1n) is 7.53. The minimum Gasteiger partial charge on any atom is -0.458 e. The Labute approximate surface area is 119 Å². The lowest BCUT2D eigenvalue weighted by Gasteiger charge is -2.16. The number of aryl methyl sites for hydroxylation is 1. The molecule has 1 saturated carbocycles. The zero-order valence-corrected chi connectivity index (χ0v) is 12.1. The maximum atomic E-state index is 12.2. The van der Waals surface area contributed by atoms with Crippen molar-refractivity contribution in [2.75, 3.05) is 0 Å². The number of carbonyl (C=O) groups is 2. The van der Waals surface area contributed by atoms with Crippen LogP contribution in [0.15, 0.2) is 6.07 Å². The fraction of sp³-hybridized carbons (Fsp3) is 0.625. The van der Waals surface area contributed by atoms with Gasteiger partial charge in [-0.05, 0) is 57.1 Å². The molecule has 0 amide bonds. The van der Waals surface area contributed by atoms with Crippen molar-refractivity contribution in [2.24, 2.45) is 5.92 Å². The largest absolute Gasteiger partial charge is 0.458 e. The number of ketones is 1. The molecule has 1 aromatic rings. The van der Waals surface area contributed by atoms with Crippen LogP contribution in [0.5, 0.6) is 0 Å². The molecular formula is C16H21NO3. The average molecular weight is 275 g/mol. The zero-order valence-electron chi connectivity index (χ0n) is 12.1. The van der Waals surface area contributed by atoms with E-state index < -0.39 is 0 Å². The number of fused-ring (bicyclic) bond motifs is 1. The van der Waals surface area contributed by atoms with E-state index in [0.29, 0.717) is 18.0 Å². The molecule has 1 aromatic heterocycles. The average Bonchev–Trinajstić information content (AvgIpc) is 3.09. The van der Waals surface area contributed by atoms with Crippen LogP contribution in [-0.2, 0) is 17.7 Å². The number of Topliss-reactive ketones (excluding diaryl/α,β-unsaturated/α-hetero) is 1. The first-order valence-corrected chi connectivity index (χ1v) is 7.53. The SMILES string of the molecule is CC(C)OC(=O)c1cc2c(n1CC1CC1)C(=O)CCC2. The number of rotatable bonds is 4. The van der Waals surface area contributed by atoms with Crippen molar-refractivity contribution >= 4 is 11.8 Å². The van der Waals surface area contributed by atoms with E-state index in [0.717, 1.165) is 30.6 Å². The Hall–Kier alpha value is -1.58. The standard InChI is InChI=1S/C16H21NO3/c1-10(2)20-16(19)13-8-12-4-3-5-14(18)15(12)17(13)9-11-6-7-11/h8,10-11H,3-7,9H2,1-2H3. The van der Waals surface area contributed by atoms with E-state index in [2.05, 4.69) is 0 Å². The Balaban J connectivity index is 1.99. The summed E-state index contributed by atoms with van der Waals surface area (Å²) < 4.78 is 7.25. The fourth-order valence-corrected chi connectivity index (χ4v) is 2.87. The summed E-state index contributed by atoms with van der Waals surface area (Å²) >= 11 is 0. The first-order chi connectivity index (χ1) is 9.56. The molecule has 0 atom stereocenters. The third kappa shape index (κ3) is 2.51. The molecule has 1 heterocycles. The molecule has 0 unspecified atom stereocenters. The van der Waals surface area contributed by atoms with Crippen LogP contribution in [0.2, 0.25) is 0 Å². The highest BCUT2D eigenvalue weighted by Gasteiger charge is 2.31. The maximum Gasteiger partial charge on any atom is 0.355 e. The number of carbonyl (C=O) groups excluding carboxylic acids is 2. The summed E-state index contributed by atoms with van der Waals surface area (Å²) in [6.07, 6.45) is 4.62. The molecule has 0 bridgehead atoms. The lowest BCUT2D eigenvalue weighted by Crippen LogP contribution is -2.21. The van der Waals surface area contributed by atoms with Gasteiger partial charge < -0.3 is 9.30 Å². The number of ether oxygens (including phenoxy) is 1. The summed E-state index contributed by atoms with van der Waals surface area (Å²) in [7, 11) is 0. The summed E-state index contributed by atoms with van der Waals surface area (Å²) in [6, 6.07) is 1.87. The molecule has 0 N–H and O–H groups in total. The van der Waals surface area contributed by atoms with Gasteiger partial charge in [-0.25, -0.2) is 4.79 Å². The van der Waals surface area contributed by atoms with Crippen molar-refractivity contribution in [2.45, 2.75) is 58.6 Å². The van der Waals surface area contributed by atoms with Gasteiger partial charge in [0.15, 0.2) is 5.78 Å². The summed E-state index contributed by atoms with van der Waals surface area (Å²) in [5.74, 6) is 0.491. The van der Waals surface area contributed by atoms with Crippen molar-refractivity contribution in [3.8, 4) is 0 Å². The number of hydrogen-bond donors (Lipinski definition) is 0. The molecular weight excluding hydrogens is 254 g/mol. The second-order valence-corrected chi connectivity index (χ2v) is 6.19. The molecule has 1 fully saturated rings. The number of hydrogen-bond acceptors (Lipinski definition) is 3. The van der Waals surface area contributed by atoms with Gasteiger partial charge in [0.25, 0.3) is 0 Å². The monoisotopic (exact) mass is 275 g/mol. The quantitative estimate of drug-likeness (QED) is 0.794. The highest BCUT2D eigenvalue weighted by atomic mass is 16.5. The molecule has 4 heteroatoms. The Morgan fingerprint density at radius 3 is 2.80 bits per heavy atom. The molecule has 0 aromatic carbocycles. The predicted octanol–water partition coefficient (Wildman–Crippen LogP) is 2.98. The molecule has 0 saturated heterocycles. The molecule has 0 aliphatic heterocycles. The van der Waals surface area contributed by atoms with Crippen LogP contribution in [-0.4, -0.2) is 22.4 Å². The minimum atomic E-state index is -0.303. The molecule has 108 valence electrons. The molecule has 4 nitrogen and oxygen atoms in total. The van der Waals surface area contributed by atoms with Crippen LogP contribution in [0.4, 0.5) is 0 Å². The second-order valence-electron chi connectivity index (χ2n) is 6.19. The van der Waals surface area contributed by atoms with E-state index in [1.165, 1.54) is 12.8 Å². The van der Waals surface area contributed by atoms with Crippen molar-refractivity contribution in [3.63, 3.8) is 0 Å². The Kier molecular flexibility index (Phi) is 3.40. The van der Waals surface area contributed by atoms with Gasteiger partial charge in [0.1, 0.15) is 5.69 Å². The van der Waals surface area contributed by atoms with Gasteiger partial charge in [0.05, 0.1) is 11.8 Å². The molecule has 0 spiro atoms. The van der Waals surface area contributed by atoms with Crippen LogP contribution in [0, 0.1) is 5.92 Å². The van der Waals surface area contributed by atoms with E-state index in [9.17, 15) is 9.59 Å². The predicted molar refractivity (Wildman–Crippen MR) is 75.0 cm³/mol. The molecule has 2 aliphatic rings. The van der Waals surface area contributed by atoms with Gasteiger partial charge >= 0.3 is 5.97 Å². The van der Waals surface area contributed by atoms with Gasteiger partial charge in [-0.2, -0.15) is 0 Å². The van der Waals surface area contributed by atoms with Gasteiger partial charge in [-0.1, -0.05) is 0 Å². The van der Waals surface area contributed by atoms with Crippen molar-refractivity contribution < 1.29 is 14.3 Å². The molecule has 2 aliphatic carbocycles. The number of aromatic nitrogens is 1. The van der Waals surface area contributed by atoms with Gasteiger partial charge in [-0.15, -0.1) is 0 Å². The highest BCUT2D eigenvalue weighted by molar-refractivity contribution is 6.00. The molecule has 0 radical (unpaired) electrons. The van der Waals surface area contributed by atoms with E-state index in [1.54, 1.807) is 0 Å². The second kappa shape index (κ2) is 5.08. The Morgan fingerprint density at radius 1 is 1.40 bits per heavy atom. The Bertz CT molecular complexity index is 552. The van der Waals surface area contributed by atoms with Gasteiger partial charge in [0.2, 0.25) is 0 Å². The van der Waals surface area contributed by atoms with Crippen LogP contribution < -0.4 is 0 Å². The number of esters is 1.